The maximum atomic E-state index is 14.0. The van der Waals surface area contributed by atoms with Gasteiger partial charge < -0.3 is 0 Å². The van der Waals surface area contributed by atoms with Gasteiger partial charge in [-0.2, -0.15) is 0 Å². The molecule has 0 bridgehead atoms. The highest BCUT2D eigenvalue weighted by molar-refractivity contribution is 5.78. The minimum absolute atomic E-state index is 0.131. The van der Waals surface area contributed by atoms with Crippen LogP contribution in [0.3, 0.4) is 0 Å². The minimum atomic E-state index is 0.131. The van der Waals surface area contributed by atoms with Crippen LogP contribution in [-0.2, 0) is 13.0 Å². The number of aryl methyl sites for hydroxylation is 1. The van der Waals surface area contributed by atoms with Crippen LogP contribution in [0.25, 0.3) is 22.6 Å². The van der Waals surface area contributed by atoms with Crippen LogP contribution in [0.2, 0.25) is 0 Å². The van der Waals surface area contributed by atoms with Crippen molar-refractivity contribution in [1.29, 1.82) is 0 Å². The first-order valence-corrected chi connectivity index (χ1v) is 14.7. The summed E-state index contributed by atoms with van der Waals surface area (Å²) in [5.41, 5.74) is 5.19. The summed E-state index contributed by atoms with van der Waals surface area (Å²) in [7, 11) is 0. The highest BCUT2D eigenvalue weighted by atomic mass is 16.1. The molecule has 0 amide bonds. The van der Waals surface area contributed by atoms with Crippen molar-refractivity contribution in [2.24, 2.45) is 5.41 Å². The lowest BCUT2D eigenvalue weighted by Crippen LogP contribution is -2.37. The van der Waals surface area contributed by atoms with Crippen molar-refractivity contribution in [3.8, 4) is 22.6 Å². The van der Waals surface area contributed by atoms with Gasteiger partial charge in [-0.15, -0.1) is 5.10 Å². The van der Waals surface area contributed by atoms with E-state index in [-0.39, 0.29) is 17.1 Å². The maximum Gasteiger partial charge on any atom is 0.328 e. The van der Waals surface area contributed by atoms with Crippen molar-refractivity contribution >= 4 is 0 Å². The number of pyridine rings is 1. The Hall–Kier alpha value is -3.55. The number of imidazole rings is 1. The second-order valence-corrected chi connectivity index (χ2v) is 11.0. The Balaban J connectivity index is 1.47. The van der Waals surface area contributed by atoms with E-state index in [4.69, 9.17) is 4.98 Å². The third-order valence-electron chi connectivity index (χ3n) is 8.95. The average molecular weight is 528 g/mol. The first kappa shape index (κ1) is 27.0. The lowest BCUT2D eigenvalue weighted by Gasteiger charge is -2.39. The number of benzene rings is 1. The van der Waals surface area contributed by atoms with E-state index in [9.17, 15) is 4.79 Å². The van der Waals surface area contributed by atoms with Gasteiger partial charge in [0.15, 0.2) is 5.82 Å². The van der Waals surface area contributed by atoms with Crippen molar-refractivity contribution < 1.29 is 0 Å². The van der Waals surface area contributed by atoms with Crippen LogP contribution in [0, 0.1) is 5.41 Å². The van der Waals surface area contributed by atoms with Gasteiger partial charge in [0.05, 0.1) is 12.2 Å². The maximum absolute atomic E-state index is 14.0. The topological polar surface area (TPSA) is 94.3 Å². The van der Waals surface area contributed by atoms with Crippen molar-refractivity contribution in [1.82, 2.24) is 34.7 Å². The van der Waals surface area contributed by atoms with E-state index in [1.165, 1.54) is 25.7 Å². The Labute approximate surface area is 230 Å². The number of hydrogen-bond acceptors (Lipinski definition) is 5. The number of hydrogen-bond donors (Lipinski definition) is 1. The molecular formula is C31H41N7O. The summed E-state index contributed by atoms with van der Waals surface area (Å²) in [5, 5.41) is 14.4. The zero-order valence-corrected chi connectivity index (χ0v) is 23.6. The molecule has 1 aliphatic carbocycles. The van der Waals surface area contributed by atoms with Crippen LogP contribution < -0.4 is 5.69 Å². The molecule has 1 aromatic carbocycles. The van der Waals surface area contributed by atoms with E-state index in [2.05, 4.69) is 58.2 Å². The summed E-state index contributed by atoms with van der Waals surface area (Å²) in [6, 6.07) is 12.3. The highest BCUT2D eigenvalue weighted by Gasteiger charge is 2.39. The molecule has 5 rings (SSSR count). The molecule has 1 unspecified atom stereocenters. The molecule has 1 aliphatic rings. The summed E-state index contributed by atoms with van der Waals surface area (Å²) >= 11 is 0. The summed E-state index contributed by atoms with van der Waals surface area (Å²) in [5.74, 6) is 0.610. The number of H-pyrrole nitrogens is 1. The molecule has 3 heterocycles. The Kier molecular flexibility index (Phi) is 8.38. The number of nitrogens with one attached hydrogen (secondary N) is 1. The van der Waals surface area contributed by atoms with Gasteiger partial charge in [0.1, 0.15) is 0 Å². The molecule has 1 N–H and O–H groups in total. The molecule has 206 valence electrons. The third kappa shape index (κ3) is 5.47. The Morgan fingerprint density at radius 1 is 1.03 bits per heavy atom. The Morgan fingerprint density at radius 2 is 1.85 bits per heavy atom. The van der Waals surface area contributed by atoms with E-state index in [1.807, 2.05) is 41.1 Å². The monoisotopic (exact) mass is 527 g/mol. The van der Waals surface area contributed by atoms with Crippen LogP contribution >= 0.6 is 0 Å². The summed E-state index contributed by atoms with van der Waals surface area (Å²) in [4.78, 5) is 18.8. The molecule has 8 nitrogen and oxygen atoms in total. The predicted molar refractivity (Wildman–Crippen MR) is 154 cm³/mol. The van der Waals surface area contributed by atoms with Crippen LogP contribution in [0.1, 0.15) is 95.9 Å². The highest BCUT2D eigenvalue weighted by Crippen LogP contribution is 2.47. The molecule has 0 aliphatic heterocycles. The van der Waals surface area contributed by atoms with Gasteiger partial charge in [-0.25, -0.2) is 9.89 Å². The quantitative estimate of drug-likeness (QED) is 0.235. The van der Waals surface area contributed by atoms with Crippen LogP contribution in [-0.4, -0.2) is 34.7 Å². The largest absolute Gasteiger partial charge is 0.328 e. The van der Waals surface area contributed by atoms with Crippen LogP contribution in [0.15, 0.2) is 53.6 Å². The smallest absolute Gasteiger partial charge is 0.295 e. The van der Waals surface area contributed by atoms with E-state index in [0.717, 1.165) is 66.6 Å². The normalized spacial score (nSPS) is 17.3. The standard InChI is InChI=1S/C31H41N7O/c1-4-7-13-24-22-38(28-16-9-8-12-19-31(28,5-2)6-3)30(39)37(24)21-23-17-18-27(32-20-23)25-14-10-11-15-26(25)29-33-35-36-34-29/h10-11,14-15,17-18,20,22,28H,4-9,12-13,16,19,21H2,1-3H3,(H,33,34,35,36). The second kappa shape index (κ2) is 12.1. The lowest BCUT2D eigenvalue weighted by atomic mass is 9.72. The Bertz CT molecular complexity index is 1400. The summed E-state index contributed by atoms with van der Waals surface area (Å²) in [6.07, 6.45) is 15.5. The van der Waals surface area contributed by atoms with Crippen molar-refractivity contribution in [2.45, 2.75) is 97.6 Å². The van der Waals surface area contributed by atoms with Gasteiger partial charge >= 0.3 is 5.69 Å². The van der Waals surface area contributed by atoms with E-state index in [1.54, 1.807) is 0 Å². The second-order valence-electron chi connectivity index (χ2n) is 11.0. The van der Waals surface area contributed by atoms with Gasteiger partial charge in [-0.3, -0.25) is 14.1 Å². The van der Waals surface area contributed by atoms with E-state index < -0.39 is 0 Å². The number of aromatic nitrogens is 7. The van der Waals surface area contributed by atoms with Crippen molar-refractivity contribution in [3.63, 3.8) is 0 Å². The van der Waals surface area contributed by atoms with Crippen molar-refractivity contribution in [2.75, 3.05) is 0 Å². The van der Waals surface area contributed by atoms with E-state index >= 15 is 0 Å². The molecule has 0 radical (unpaired) electrons. The fourth-order valence-corrected chi connectivity index (χ4v) is 6.52. The molecule has 4 aromatic rings. The minimum Gasteiger partial charge on any atom is -0.295 e. The molecule has 8 heteroatoms. The molecule has 1 saturated carbocycles. The van der Waals surface area contributed by atoms with Gasteiger partial charge in [0.25, 0.3) is 0 Å². The van der Waals surface area contributed by atoms with E-state index in [0.29, 0.717) is 12.4 Å². The molecular weight excluding hydrogens is 486 g/mol. The van der Waals surface area contributed by atoms with Gasteiger partial charge in [0, 0.05) is 35.3 Å². The number of aromatic amines is 1. The van der Waals surface area contributed by atoms with Gasteiger partial charge in [-0.1, -0.05) is 76.8 Å². The molecule has 0 spiro atoms. The van der Waals surface area contributed by atoms with Crippen LogP contribution in [0.5, 0.6) is 0 Å². The fraction of sp³-hybridized carbons (Fsp3) is 0.516. The number of tetrazole rings is 1. The molecule has 0 saturated heterocycles. The first-order chi connectivity index (χ1) is 19.1. The first-order valence-electron chi connectivity index (χ1n) is 14.7. The zero-order valence-electron chi connectivity index (χ0n) is 23.6. The summed E-state index contributed by atoms with van der Waals surface area (Å²) < 4.78 is 4.12. The number of rotatable bonds is 10. The Morgan fingerprint density at radius 3 is 2.54 bits per heavy atom. The third-order valence-corrected chi connectivity index (χ3v) is 8.95. The number of nitrogens with zero attached hydrogens (tertiary/aromatic N) is 6. The average Bonchev–Trinajstić information content (AvgIpc) is 3.56. The molecule has 1 atom stereocenters. The SMILES string of the molecule is CCCCc1cn(C2CCCCCC2(CC)CC)c(=O)n1Cc1ccc(-c2ccccc2-c2nnn[nH]2)nc1. The molecule has 3 aromatic heterocycles. The fourth-order valence-electron chi connectivity index (χ4n) is 6.52. The number of unbranched alkanes of at least 4 members (excludes halogenated alkanes) is 1. The van der Waals surface area contributed by atoms with Crippen molar-refractivity contribution in [3.05, 3.63) is 70.5 Å². The van der Waals surface area contributed by atoms with Gasteiger partial charge in [0.2, 0.25) is 0 Å². The summed E-state index contributed by atoms with van der Waals surface area (Å²) in [6.45, 7) is 7.36. The molecule has 1 fully saturated rings. The lowest BCUT2D eigenvalue weighted by molar-refractivity contribution is 0.131. The molecule has 39 heavy (non-hydrogen) atoms. The van der Waals surface area contributed by atoms with Gasteiger partial charge in [-0.05, 0) is 66.0 Å². The van der Waals surface area contributed by atoms with Crippen LogP contribution in [0.4, 0.5) is 0 Å². The zero-order chi connectivity index (χ0) is 27.2. The predicted octanol–water partition coefficient (Wildman–Crippen LogP) is 6.59.